The van der Waals surface area contributed by atoms with Gasteiger partial charge in [-0.15, -0.1) is 0 Å². The molecule has 5 heteroatoms. The van der Waals surface area contributed by atoms with Crippen molar-refractivity contribution in [2.24, 2.45) is 5.84 Å². The lowest BCUT2D eigenvalue weighted by Gasteiger charge is -2.17. The number of benzene rings is 1. The summed E-state index contributed by atoms with van der Waals surface area (Å²) in [5, 5.41) is 4.42. The molecule has 0 aliphatic carbocycles. The van der Waals surface area contributed by atoms with E-state index >= 15 is 0 Å². The molecule has 1 unspecified atom stereocenters. The van der Waals surface area contributed by atoms with Gasteiger partial charge in [-0.05, 0) is 50.1 Å². The van der Waals surface area contributed by atoms with Crippen LogP contribution in [0.4, 0.5) is 4.39 Å². The van der Waals surface area contributed by atoms with Crippen LogP contribution in [-0.4, -0.2) is 9.78 Å². The molecule has 1 aromatic carbocycles. The van der Waals surface area contributed by atoms with Crippen molar-refractivity contribution in [2.75, 3.05) is 0 Å². The number of halogens is 1. The van der Waals surface area contributed by atoms with Crippen molar-refractivity contribution in [1.29, 1.82) is 0 Å². The van der Waals surface area contributed by atoms with Crippen molar-refractivity contribution in [2.45, 2.75) is 39.8 Å². The minimum absolute atomic E-state index is 0.134. The average Bonchev–Trinajstić information content (AvgIpc) is 2.74. The second-order valence-electron chi connectivity index (χ2n) is 5.08. The van der Waals surface area contributed by atoms with E-state index in [4.69, 9.17) is 5.84 Å². The first-order valence-corrected chi connectivity index (χ1v) is 6.80. The highest BCUT2D eigenvalue weighted by molar-refractivity contribution is 5.27. The van der Waals surface area contributed by atoms with E-state index in [0.717, 1.165) is 29.1 Å². The lowest BCUT2D eigenvalue weighted by Crippen LogP contribution is -2.30. The molecule has 4 nitrogen and oxygen atoms in total. The molecule has 0 bridgehead atoms. The Morgan fingerprint density at radius 3 is 2.65 bits per heavy atom. The van der Waals surface area contributed by atoms with Crippen molar-refractivity contribution in [1.82, 2.24) is 15.2 Å². The molecule has 0 amide bonds. The van der Waals surface area contributed by atoms with Gasteiger partial charge in [0.25, 0.3) is 0 Å². The molecule has 0 saturated carbocycles. The van der Waals surface area contributed by atoms with Gasteiger partial charge in [0.2, 0.25) is 0 Å². The number of hydrogen-bond acceptors (Lipinski definition) is 3. The van der Waals surface area contributed by atoms with Crippen molar-refractivity contribution in [3.63, 3.8) is 0 Å². The molecule has 0 aliphatic heterocycles. The third kappa shape index (κ3) is 3.23. The fourth-order valence-electron chi connectivity index (χ4n) is 2.49. The number of hydrazine groups is 1. The molecular weight excluding hydrogens is 255 g/mol. The zero-order valence-electron chi connectivity index (χ0n) is 12.2. The van der Waals surface area contributed by atoms with Crippen LogP contribution in [0.1, 0.15) is 35.5 Å². The molecule has 1 heterocycles. The van der Waals surface area contributed by atoms with Crippen LogP contribution in [0.25, 0.3) is 0 Å². The lowest BCUT2D eigenvalue weighted by molar-refractivity contribution is 0.513. The zero-order chi connectivity index (χ0) is 14.7. The van der Waals surface area contributed by atoms with Crippen LogP contribution in [0.3, 0.4) is 0 Å². The van der Waals surface area contributed by atoms with E-state index in [0.29, 0.717) is 6.42 Å². The van der Waals surface area contributed by atoms with Crippen molar-refractivity contribution in [3.05, 3.63) is 52.6 Å². The maximum absolute atomic E-state index is 13.5. The highest BCUT2D eigenvalue weighted by Gasteiger charge is 2.15. The van der Waals surface area contributed by atoms with Crippen LogP contribution in [0.15, 0.2) is 24.3 Å². The van der Waals surface area contributed by atoms with E-state index in [1.54, 1.807) is 0 Å². The van der Waals surface area contributed by atoms with Crippen LogP contribution in [0.5, 0.6) is 0 Å². The van der Waals surface area contributed by atoms with Gasteiger partial charge in [0.1, 0.15) is 5.82 Å². The topological polar surface area (TPSA) is 55.9 Å². The fourth-order valence-corrected chi connectivity index (χ4v) is 2.49. The van der Waals surface area contributed by atoms with Gasteiger partial charge < -0.3 is 0 Å². The molecule has 1 aromatic heterocycles. The third-order valence-electron chi connectivity index (χ3n) is 3.37. The Balaban J connectivity index is 2.28. The van der Waals surface area contributed by atoms with Crippen LogP contribution in [0.2, 0.25) is 0 Å². The summed E-state index contributed by atoms with van der Waals surface area (Å²) in [6.07, 6.45) is 0.675. The predicted molar refractivity (Wildman–Crippen MR) is 77.5 cm³/mol. The molecule has 0 radical (unpaired) electrons. The van der Waals surface area contributed by atoms with Crippen molar-refractivity contribution >= 4 is 0 Å². The van der Waals surface area contributed by atoms with Gasteiger partial charge in [-0.25, -0.2) is 4.39 Å². The Bertz CT molecular complexity index is 571. The van der Waals surface area contributed by atoms with Gasteiger partial charge in [0, 0.05) is 18.7 Å². The Morgan fingerprint density at radius 1 is 1.30 bits per heavy atom. The Morgan fingerprint density at radius 2 is 2.05 bits per heavy atom. The van der Waals surface area contributed by atoms with E-state index in [2.05, 4.69) is 10.5 Å². The van der Waals surface area contributed by atoms with E-state index in [1.807, 2.05) is 37.6 Å². The van der Waals surface area contributed by atoms with Gasteiger partial charge in [-0.2, -0.15) is 5.10 Å². The molecule has 3 N–H and O–H groups in total. The first-order valence-electron chi connectivity index (χ1n) is 6.80. The second kappa shape index (κ2) is 6.15. The predicted octanol–water partition coefficient (Wildman–Crippen LogP) is 2.41. The summed E-state index contributed by atoms with van der Waals surface area (Å²) in [4.78, 5) is 0. The monoisotopic (exact) mass is 276 g/mol. The zero-order valence-corrected chi connectivity index (χ0v) is 12.2. The van der Waals surface area contributed by atoms with E-state index in [1.165, 1.54) is 12.1 Å². The largest absolute Gasteiger partial charge is 0.271 e. The summed E-state index contributed by atoms with van der Waals surface area (Å²) in [6.45, 7) is 6.70. The molecule has 108 valence electrons. The molecule has 2 aromatic rings. The van der Waals surface area contributed by atoms with E-state index in [9.17, 15) is 4.39 Å². The Hall–Kier alpha value is -1.72. The summed E-state index contributed by atoms with van der Waals surface area (Å²) in [5.74, 6) is 5.41. The van der Waals surface area contributed by atoms with Crippen LogP contribution in [-0.2, 0) is 13.0 Å². The summed E-state index contributed by atoms with van der Waals surface area (Å²) < 4.78 is 15.5. The molecule has 0 spiro atoms. The van der Waals surface area contributed by atoms with Gasteiger partial charge in [0.05, 0.1) is 11.7 Å². The molecule has 1 atom stereocenters. The Labute approximate surface area is 118 Å². The van der Waals surface area contributed by atoms with Crippen LogP contribution in [0, 0.1) is 19.7 Å². The standard InChI is InChI=1S/C15H21FN4/c1-4-20-14(7-11(3)19-20)9-15(18-17)12-5-10(2)6-13(16)8-12/h5-8,15,18H,4,9,17H2,1-3H3. The smallest absolute Gasteiger partial charge is 0.123 e. The second-order valence-corrected chi connectivity index (χ2v) is 5.08. The van der Waals surface area contributed by atoms with Crippen molar-refractivity contribution in [3.8, 4) is 0 Å². The lowest BCUT2D eigenvalue weighted by atomic mass is 10.0. The van der Waals surface area contributed by atoms with Crippen LogP contribution < -0.4 is 11.3 Å². The van der Waals surface area contributed by atoms with Gasteiger partial charge in [-0.1, -0.05) is 6.07 Å². The molecule has 2 rings (SSSR count). The number of aromatic nitrogens is 2. The average molecular weight is 276 g/mol. The van der Waals surface area contributed by atoms with Gasteiger partial charge in [-0.3, -0.25) is 16.0 Å². The third-order valence-corrected chi connectivity index (χ3v) is 3.37. The normalized spacial score (nSPS) is 12.7. The quantitative estimate of drug-likeness (QED) is 0.651. The first kappa shape index (κ1) is 14.7. The molecular formula is C15H21FN4. The summed E-state index contributed by atoms with van der Waals surface area (Å²) in [7, 11) is 0. The highest BCUT2D eigenvalue weighted by Crippen LogP contribution is 2.20. The summed E-state index contributed by atoms with van der Waals surface area (Å²) >= 11 is 0. The van der Waals surface area contributed by atoms with Crippen LogP contribution >= 0.6 is 0 Å². The Kier molecular flexibility index (Phi) is 4.52. The number of hydrogen-bond donors (Lipinski definition) is 2. The van der Waals surface area contributed by atoms with E-state index < -0.39 is 0 Å². The maximum Gasteiger partial charge on any atom is 0.123 e. The highest BCUT2D eigenvalue weighted by atomic mass is 19.1. The van der Waals surface area contributed by atoms with Gasteiger partial charge in [0.15, 0.2) is 0 Å². The minimum atomic E-state index is -0.236. The number of nitrogens with two attached hydrogens (primary N) is 1. The summed E-state index contributed by atoms with van der Waals surface area (Å²) in [6, 6.07) is 6.90. The number of rotatable bonds is 5. The molecule has 20 heavy (non-hydrogen) atoms. The summed E-state index contributed by atoms with van der Waals surface area (Å²) in [5.41, 5.74) is 6.59. The molecule has 0 aliphatic rings. The fraction of sp³-hybridized carbons (Fsp3) is 0.400. The maximum atomic E-state index is 13.5. The minimum Gasteiger partial charge on any atom is -0.271 e. The SMILES string of the molecule is CCn1nc(C)cc1CC(NN)c1cc(C)cc(F)c1. The molecule has 0 saturated heterocycles. The molecule has 0 fully saturated rings. The van der Waals surface area contributed by atoms with Gasteiger partial charge >= 0.3 is 0 Å². The van der Waals surface area contributed by atoms with Crippen molar-refractivity contribution < 1.29 is 4.39 Å². The van der Waals surface area contributed by atoms with E-state index in [-0.39, 0.29) is 11.9 Å². The number of nitrogens with zero attached hydrogens (tertiary/aromatic N) is 2. The number of aryl methyl sites for hydroxylation is 3. The number of nitrogens with one attached hydrogen (secondary N) is 1. The first-order chi connectivity index (χ1) is 9.53.